The van der Waals surface area contributed by atoms with Crippen molar-refractivity contribution in [2.24, 2.45) is 11.8 Å². The molecule has 2 aromatic carbocycles. The van der Waals surface area contributed by atoms with E-state index >= 15 is 0 Å². The third-order valence-corrected chi connectivity index (χ3v) is 7.00. The number of nitrogens with zero attached hydrogens (tertiary/aromatic N) is 1. The Labute approximate surface area is 206 Å². The zero-order valence-electron chi connectivity index (χ0n) is 19.0. The summed E-state index contributed by atoms with van der Waals surface area (Å²) < 4.78 is 104. The number of alkyl halides is 6. The van der Waals surface area contributed by atoms with Gasteiger partial charge in [0.25, 0.3) is 0 Å². The van der Waals surface area contributed by atoms with E-state index in [1.807, 2.05) is 0 Å². The van der Waals surface area contributed by atoms with Crippen LogP contribution in [0.1, 0.15) is 29.9 Å². The molecule has 0 aliphatic carbocycles. The van der Waals surface area contributed by atoms with Crippen LogP contribution in [0.5, 0.6) is 23.0 Å². The van der Waals surface area contributed by atoms with Gasteiger partial charge in [0.15, 0.2) is 28.9 Å². The molecule has 7 nitrogen and oxygen atoms in total. The maximum absolute atomic E-state index is 13.7. The maximum atomic E-state index is 13.7. The molecule has 1 amide bonds. The molecule has 0 bridgehead atoms. The zero-order chi connectivity index (χ0) is 26.5. The molecule has 13 heteroatoms. The lowest BCUT2D eigenvalue weighted by molar-refractivity contribution is -0.300. The van der Waals surface area contributed by atoms with Crippen molar-refractivity contribution in [3.63, 3.8) is 0 Å². The monoisotopic (exact) mass is 533 g/mol. The van der Waals surface area contributed by atoms with Crippen LogP contribution in [-0.4, -0.2) is 54.6 Å². The fourth-order valence-electron chi connectivity index (χ4n) is 5.45. The molecule has 3 aliphatic rings. The highest BCUT2D eigenvalue weighted by atomic mass is 19.4. The first-order chi connectivity index (χ1) is 17.4. The molecule has 2 unspecified atom stereocenters. The van der Waals surface area contributed by atoms with E-state index in [2.05, 4.69) is 0 Å². The van der Waals surface area contributed by atoms with Crippen LogP contribution in [0.15, 0.2) is 36.4 Å². The molecule has 0 saturated carbocycles. The number of carboxylic acid groups (broad SMARTS) is 1. The number of benzene rings is 2. The maximum Gasteiger partial charge on any atom is 0.407 e. The minimum Gasteiger partial charge on any atom is -0.465 e. The third-order valence-electron chi connectivity index (χ3n) is 7.00. The van der Waals surface area contributed by atoms with E-state index in [4.69, 9.17) is 18.9 Å². The lowest BCUT2D eigenvalue weighted by Crippen LogP contribution is -2.57. The Morgan fingerprint density at radius 2 is 1.32 bits per heavy atom. The van der Waals surface area contributed by atoms with E-state index < -0.39 is 55.2 Å². The van der Waals surface area contributed by atoms with Crippen LogP contribution in [0.3, 0.4) is 0 Å². The van der Waals surface area contributed by atoms with Crippen molar-refractivity contribution >= 4 is 6.09 Å². The Morgan fingerprint density at radius 3 is 1.78 bits per heavy atom. The van der Waals surface area contributed by atoms with Crippen LogP contribution in [0.2, 0.25) is 0 Å². The number of piperidine rings is 1. The van der Waals surface area contributed by atoms with Gasteiger partial charge in [-0.3, -0.25) is 0 Å². The number of amides is 1. The topological polar surface area (TPSA) is 77.5 Å². The van der Waals surface area contributed by atoms with Crippen molar-refractivity contribution in [2.75, 3.05) is 20.1 Å². The highest BCUT2D eigenvalue weighted by Gasteiger charge is 2.63. The summed E-state index contributed by atoms with van der Waals surface area (Å²) in [7, 11) is 0. The number of hydrogen-bond acceptors (Lipinski definition) is 5. The molecule has 3 aliphatic heterocycles. The Morgan fingerprint density at radius 1 is 0.838 bits per heavy atom. The van der Waals surface area contributed by atoms with Gasteiger partial charge < -0.3 is 29.0 Å². The Bertz CT molecular complexity index is 1110. The second-order valence-electron chi connectivity index (χ2n) is 9.09. The quantitative estimate of drug-likeness (QED) is 0.503. The normalized spacial score (nSPS) is 21.1. The first kappa shape index (κ1) is 25.2. The number of carbonyl (C=O) groups is 1. The largest absolute Gasteiger partial charge is 0.465 e. The van der Waals surface area contributed by atoms with Crippen molar-refractivity contribution in [3.05, 3.63) is 47.5 Å². The van der Waals surface area contributed by atoms with E-state index in [0.717, 1.165) is 0 Å². The van der Waals surface area contributed by atoms with E-state index in [-0.39, 0.29) is 24.9 Å². The van der Waals surface area contributed by atoms with Gasteiger partial charge in [0.2, 0.25) is 13.6 Å². The SMILES string of the molecule is O=C(O)N1CCC(C(c2ccc3c(c2)OCO3)c2ccc3c(c2)OCO3)CC1C(C(F)(F)F)C(F)(F)F. The van der Waals surface area contributed by atoms with Crippen LogP contribution >= 0.6 is 0 Å². The predicted octanol–water partition coefficient (Wildman–Crippen LogP) is 5.78. The van der Waals surface area contributed by atoms with Gasteiger partial charge in [0, 0.05) is 12.5 Å². The Kier molecular flexibility index (Phi) is 6.19. The van der Waals surface area contributed by atoms with E-state index in [1.165, 1.54) is 0 Å². The molecule has 3 heterocycles. The molecule has 2 aromatic rings. The van der Waals surface area contributed by atoms with Gasteiger partial charge in [-0.25, -0.2) is 4.79 Å². The second-order valence-corrected chi connectivity index (χ2v) is 9.09. The molecule has 1 N–H and O–H groups in total. The minimum absolute atomic E-state index is 0.0224. The summed E-state index contributed by atoms with van der Waals surface area (Å²) in [5.74, 6) is -3.58. The summed E-state index contributed by atoms with van der Waals surface area (Å²) in [5, 5.41) is 9.49. The van der Waals surface area contributed by atoms with Gasteiger partial charge in [0.05, 0.1) is 6.04 Å². The molecule has 200 valence electrons. The molecule has 1 saturated heterocycles. The first-order valence-electron chi connectivity index (χ1n) is 11.4. The molecule has 0 spiro atoms. The Hall–Kier alpha value is -3.51. The van der Waals surface area contributed by atoms with Crippen molar-refractivity contribution in [3.8, 4) is 23.0 Å². The summed E-state index contributed by atoms with van der Waals surface area (Å²) in [4.78, 5) is 12.0. The minimum atomic E-state index is -5.69. The molecule has 5 rings (SSSR count). The summed E-state index contributed by atoms with van der Waals surface area (Å²) in [6.45, 7) is -0.532. The van der Waals surface area contributed by atoms with Gasteiger partial charge >= 0.3 is 18.4 Å². The van der Waals surface area contributed by atoms with Gasteiger partial charge in [-0.1, -0.05) is 12.1 Å². The number of hydrogen-bond donors (Lipinski definition) is 1. The molecular weight excluding hydrogens is 512 g/mol. The Balaban J connectivity index is 1.57. The van der Waals surface area contributed by atoms with Crippen LogP contribution < -0.4 is 18.9 Å². The van der Waals surface area contributed by atoms with E-state index in [0.29, 0.717) is 34.1 Å². The fraction of sp³-hybridized carbons (Fsp3) is 0.458. The average molecular weight is 533 g/mol. The summed E-state index contributed by atoms with van der Waals surface area (Å²) >= 11 is 0. The first-order valence-corrected chi connectivity index (χ1v) is 11.4. The zero-order valence-corrected chi connectivity index (χ0v) is 19.0. The molecule has 0 aromatic heterocycles. The third kappa shape index (κ3) is 4.78. The van der Waals surface area contributed by atoms with Crippen molar-refractivity contribution in [1.82, 2.24) is 4.90 Å². The van der Waals surface area contributed by atoms with Crippen LogP contribution in [0.25, 0.3) is 0 Å². The smallest absolute Gasteiger partial charge is 0.407 e. The number of halogens is 6. The van der Waals surface area contributed by atoms with Gasteiger partial charge in [-0.05, 0) is 54.2 Å². The number of likely N-dealkylation sites (tertiary alicyclic amines) is 1. The lowest BCUT2D eigenvalue weighted by atomic mass is 9.72. The molecule has 2 atom stereocenters. The molecular formula is C24H21F6NO6. The van der Waals surface area contributed by atoms with Gasteiger partial charge in [0.1, 0.15) is 0 Å². The summed E-state index contributed by atoms with van der Waals surface area (Å²) in [5.41, 5.74) is 1.15. The number of rotatable bonds is 4. The molecule has 37 heavy (non-hydrogen) atoms. The molecule has 0 radical (unpaired) electrons. The lowest BCUT2D eigenvalue weighted by Gasteiger charge is -2.44. The predicted molar refractivity (Wildman–Crippen MR) is 114 cm³/mol. The summed E-state index contributed by atoms with van der Waals surface area (Å²) in [6.07, 6.45) is -13.8. The second kappa shape index (κ2) is 9.10. The number of ether oxygens (including phenoxy) is 4. The average Bonchev–Trinajstić information content (AvgIpc) is 3.46. The van der Waals surface area contributed by atoms with Crippen LogP contribution in [0, 0.1) is 11.8 Å². The van der Waals surface area contributed by atoms with Crippen molar-refractivity contribution < 1.29 is 55.2 Å². The highest BCUT2D eigenvalue weighted by Crippen LogP contribution is 2.50. The van der Waals surface area contributed by atoms with E-state index in [9.17, 15) is 36.2 Å². The van der Waals surface area contributed by atoms with Crippen molar-refractivity contribution in [2.45, 2.75) is 37.2 Å². The number of fused-ring (bicyclic) bond motifs is 2. The van der Waals surface area contributed by atoms with Gasteiger partial charge in [-0.15, -0.1) is 0 Å². The highest BCUT2D eigenvalue weighted by molar-refractivity contribution is 5.65. The molecule has 1 fully saturated rings. The summed E-state index contributed by atoms with van der Waals surface area (Å²) in [6, 6.07) is 7.52. The van der Waals surface area contributed by atoms with Crippen LogP contribution in [0.4, 0.5) is 31.1 Å². The fourth-order valence-corrected chi connectivity index (χ4v) is 5.45. The van der Waals surface area contributed by atoms with Gasteiger partial charge in [-0.2, -0.15) is 26.3 Å². The van der Waals surface area contributed by atoms with E-state index in [1.54, 1.807) is 36.4 Å². The standard InChI is InChI=1S/C24H21F6NO6/c25-23(26,27)21(24(28,29)30)15-7-14(5-6-31(15)22(32)33)20(12-1-3-16-18(8-12)36-10-34-16)13-2-4-17-19(9-13)37-11-35-17/h1-4,8-9,14-15,20-21H,5-7,10-11H2,(H,32,33). The van der Waals surface area contributed by atoms with Crippen LogP contribution in [-0.2, 0) is 0 Å². The van der Waals surface area contributed by atoms with Crippen molar-refractivity contribution in [1.29, 1.82) is 0 Å².